The molecule has 17 heavy (non-hydrogen) atoms. The smallest absolute Gasteiger partial charge is 0.138 e. The number of aliphatic hydroxyl groups is 1. The highest BCUT2D eigenvalue weighted by atomic mass is 35.5. The molecule has 0 heterocycles. The van der Waals surface area contributed by atoms with Crippen LogP contribution in [0, 0.1) is 0 Å². The minimum Gasteiger partial charge on any atom is -0.489 e. The molecule has 1 aromatic carbocycles. The Kier molecular flexibility index (Phi) is 4.30. The third-order valence-corrected chi connectivity index (χ3v) is 3.69. The van der Waals surface area contributed by atoms with E-state index in [4.69, 9.17) is 21.4 Å². The Bertz CT molecular complexity index is 372. The normalized spacial score (nSPS) is 18.3. The quantitative estimate of drug-likeness (QED) is 0.887. The monoisotopic (exact) mass is 254 g/mol. The lowest BCUT2D eigenvalue weighted by molar-refractivity contribution is 0.210. The second-order valence-electron chi connectivity index (χ2n) is 4.80. The van der Waals surface area contributed by atoms with Crippen molar-refractivity contribution in [1.82, 2.24) is 0 Å². The van der Waals surface area contributed by atoms with Crippen molar-refractivity contribution in [2.24, 2.45) is 0 Å². The van der Waals surface area contributed by atoms with Crippen LogP contribution < -0.4 is 4.74 Å². The zero-order chi connectivity index (χ0) is 12.3. The summed E-state index contributed by atoms with van der Waals surface area (Å²) >= 11 is 6.20. The predicted molar refractivity (Wildman–Crippen MR) is 69.8 cm³/mol. The Hall–Kier alpha value is -0.730. The third-order valence-electron chi connectivity index (χ3n) is 3.39. The van der Waals surface area contributed by atoms with E-state index < -0.39 is 0 Å². The van der Waals surface area contributed by atoms with Crippen molar-refractivity contribution in [3.63, 3.8) is 0 Å². The molecule has 1 N–H and O–H groups in total. The molecule has 0 bridgehead atoms. The van der Waals surface area contributed by atoms with Crippen molar-refractivity contribution in [3.05, 3.63) is 28.8 Å². The van der Waals surface area contributed by atoms with Crippen molar-refractivity contribution >= 4 is 11.6 Å². The van der Waals surface area contributed by atoms with E-state index >= 15 is 0 Å². The second-order valence-corrected chi connectivity index (χ2v) is 5.20. The van der Waals surface area contributed by atoms with Gasteiger partial charge in [-0.1, -0.05) is 24.6 Å². The average molecular weight is 255 g/mol. The SMILES string of the molecule is CC(CO)c1ccc(OC2CCCC2)c(Cl)c1. The van der Waals surface area contributed by atoms with E-state index in [1.54, 1.807) is 0 Å². The van der Waals surface area contributed by atoms with E-state index in [1.165, 1.54) is 12.8 Å². The summed E-state index contributed by atoms with van der Waals surface area (Å²) in [6.07, 6.45) is 5.09. The molecule has 2 rings (SSSR count). The first-order chi connectivity index (χ1) is 8.20. The average Bonchev–Trinajstić information content (AvgIpc) is 2.83. The molecule has 1 aliphatic rings. The van der Waals surface area contributed by atoms with E-state index in [-0.39, 0.29) is 12.5 Å². The highest BCUT2D eigenvalue weighted by molar-refractivity contribution is 6.32. The van der Waals surface area contributed by atoms with Gasteiger partial charge < -0.3 is 9.84 Å². The van der Waals surface area contributed by atoms with Gasteiger partial charge in [0, 0.05) is 12.5 Å². The van der Waals surface area contributed by atoms with Gasteiger partial charge in [-0.3, -0.25) is 0 Å². The first kappa shape index (κ1) is 12.7. The van der Waals surface area contributed by atoms with Crippen molar-refractivity contribution in [3.8, 4) is 5.75 Å². The van der Waals surface area contributed by atoms with Crippen molar-refractivity contribution < 1.29 is 9.84 Å². The van der Waals surface area contributed by atoms with Crippen LogP contribution in [0.4, 0.5) is 0 Å². The summed E-state index contributed by atoms with van der Waals surface area (Å²) in [4.78, 5) is 0. The Balaban J connectivity index is 2.08. The van der Waals surface area contributed by atoms with Crippen LogP contribution >= 0.6 is 11.6 Å². The fourth-order valence-corrected chi connectivity index (χ4v) is 2.44. The molecular formula is C14H19ClO2. The number of hydrogen-bond donors (Lipinski definition) is 1. The maximum Gasteiger partial charge on any atom is 0.138 e. The molecule has 1 atom stereocenters. The summed E-state index contributed by atoms with van der Waals surface area (Å²) in [6, 6.07) is 5.80. The van der Waals surface area contributed by atoms with Crippen LogP contribution in [-0.2, 0) is 0 Å². The van der Waals surface area contributed by atoms with Crippen LogP contribution in [0.3, 0.4) is 0 Å². The zero-order valence-electron chi connectivity index (χ0n) is 10.2. The van der Waals surface area contributed by atoms with Gasteiger partial charge >= 0.3 is 0 Å². The Morgan fingerprint density at radius 1 is 1.41 bits per heavy atom. The summed E-state index contributed by atoms with van der Waals surface area (Å²) < 4.78 is 5.88. The highest BCUT2D eigenvalue weighted by Crippen LogP contribution is 2.32. The minimum absolute atomic E-state index is 0.119. The van der Waals surface area contributed by atoms with Crippen LogP contribution in [-0.4, -0.2) is 17.8 Å². The van der Waals surface area contributed by atoms with Gasteiger partial charge in [-0.05, 0) is 43.4 Å². The summed E-state index contributed by atoms with van der Waals surface area (Å²) in [6.45, 7) is 2.11. The van der Waals surface area contributed by atoms with Crippen LogP contribution in [0.1, 0.15) is 44.1 Å². The van der Waals surface area contributed by atoms with E-state index in [2.05, 4.69) is 0 Å². The molecule has 0 radical (unpaired) electrons. The summed E-state index contributed by atoms with van der Waals surface area (Å²) in [5.41, 5.74) is 1.05. The molecule has 3 heteroatoms. The van der Waals surface area contributed by atoms with Crippen molar-refractivity contribution in [2.75, 3.05) is 6.61 Å². The number of ether oxygens (including phenoxy) is 1. The van der Waals surface area contributed by atoms with E-state index in [9.17, 15) is 0 Å². The summed E-state index contributed by atoms with van der Waals surface area (Å²) in [5.74, 6) is 0.889. The molecule has 0 saturated heterocycles. The minimum atomic E-state index is 0.119. The molecule has 2 nitrogen and oxygen atoms in total. The van der Waals surface area contributed by atoms with Gasteiger partial charge in [0.05, 0.1) is 11.1 Å². The van der Waals surface area contributed by atoms with Crippen molar-refractivity contribution in [2.45, 2.75) is 44.6 Å². The number of aliphatic hydroxyl groups excluding tert-OH is 1. The fourth-order valence-electron chi connectivity index (χ4n) is 2.21. The fraction of sp³-hybridized carbons (Fsp3) is 0.571. The molecule has 1 fully saturated rings. The molecule has 1 unspecified atom stereocenters. The van der Waals surface area contributed by atoms with Gasteiger partial charge in [0.2, 0.25) is 0 Å². The lowest BCUT2D eigenvalue weighted by Crippen LogP contribution is -2.11. The van der Waals surface area contributed by atoms with Crippen LogP contribution in [0.25, 0.3) is 0 Å². The lowest BCUT2D eigenvalue weighted by atomic mass is 10.0. The Labute approximate surface area is 108 Å². The molecule has 1 saturated carbocycles. The second kappa shape index (κ2) is 5.74. The molecule has 0 amide bonds. The Morgan fingerprint density at radius 3 is 2.71 bits per heavy atom. The van der Waals surface area contributed by atoms with Crippen molar-refractivity contribution in [1.29, 1.82) is 0 Å². The Morgan fingerprint density at radius 2 is 2.12 bits per heavy atom. The van der Waals surface area contributed by atoms with Gasteiger partial charge in [0.15, 0.2) is 0 Å². The summed E-state index contributed by atoms with van der Waals surface area (Å²) in [7, 11) is 0. The number of rotatable bonds is 4. The molecule has 0 aliphatic heterocycles. The third kappa shape index (κ3) is 3.14. The number of benzene rings is 1. The zero-order valence-corrected chi connectivity index (χ0v) is 10.9. The van der Waals surface area contributed by atoms with Crippen LogP contribution in [0.5, 0.6) is 5.75 Å². The van der Waals surface area contributed by atoms with Gasteiger partial charge in [-0.15, -0.1) is 0 Å². The maximum atomic E-state index is 9.10. The number of halogens is 1. The van der Waals surface area contributed by atoms with Gasteiger partial charge in [-0.25, -0.2) is 0 Å². The van der Waals surface area contributed by atoms with E-state index in [1.807, 2.05) is 25.1 Å². The maximum absolute atomic E-state index is 9.10. The van der Waals surface area contributed by atoms with Gasteiger partial charge in [0.25, 0.3) is 0 Å². The first-order valence-corrected chi connectivity index (χ1v) is 6.65. The lowest BCUT2D eigenvalue weighted by Gasteiger charge is -2.16. The standard InChI is InChI=1S/C14H19ClO2/c1-10(9-16)11-6-7-14(13(15)8-11)17-12-4-2-3-5-12/h6-8,10,12,16H,2-5,9H2,1H3. The topological polar surface area (TPSA) is 29.5 Å². The molecule has 1 aromatic rings. The summed E-state index contributed by atoms with van der Waals surface area (Å²) in [5, 5.41) is 9.75. The molecular weight excluding hydrogens is 236 g/mol. The van der Waals surface area contributed by atoms with Gasteiger partial charge in [-0.2, -0.15) is 0 Å². The molecule has 1 aliphatic carbocycles. The highest BCUT2D eigenvalue weighted by Gasteiger charge is 2.18. The molecule has 0 aromatic heterocycles. The molecule has 0 spiro atoms. The largest absolute Gasteiger partial charge is 0.489 e. The van der Waals surface area contributed by atoms with Gasteiger partial charge in [0.1, 0.15) is 5.75 Å². The predicted octanol–water partition coefficient (Wildman–Crippen LogP) is 3.76. The first-order valence-electron chi connectivity index (χ1n) is 6.27. The van der Waals surface area contributed by atoms with Crippen LogP contribution in [0.2, 0.25) is 5.02 Å². The number of hydrogen-bond acceptors (Lipinski definition) is 2. The van der Waals surface area contributed by atoms with E-state index in [0.717, 1.165) is 24.2 Å². The van der Waals surface area contributed by atoms with E-state index in [0.29, 0.717) is 11.1 Å². The molecule has 94 valence electrons. The van der Waals surface area contributed by atoms with Crippen LogP contribution in [0.15, 0.2) is 18.2 Å².